The second-order valence-electron chi connectivity index (χ2n) is 6.93. The van der Waals surface area contributed by atoms with E-state index in [0.29, 0.717) is 25.4 Å². The van der Waals surface area contributed by atoms with Crippen molar-refractivity contribution in [1.82, 2.24) is 14.8 Å². The van der Waals surface area contributed by atoms with Gasteiger partial charge < -0.3 is 14.2 Å². The summed E-state index contributed by atoms with van der Waals surface area (Å²) < 4.78 is 5.23. The maximum absolute atomic E-state index is 13.1. The van der Waals surface area contributed by atoms with Crippen LogP contribution in [0.5, 0.6) is 0 Å². The van der Waals surface area contributed by atoms with E-state index in [1.165, 1.54) is 6.26 Å². The van der Waals surface area contributed by atoms with Crippen molar-refractivity contribution in [1.29, 1.82) is 0 Å². The van der Waals surface area contributed by atoms with Crippen LogP contribution >= 0.6 is 0 Å². The Morgan fingerprint density at radius 1 is 1.24 bits per heavy atom. The lowest BCUT2D eigenvalue weighted by atomic mass is 9.78. The van der Waals surface area contributed by atoms with Crippen molar-refractivity contribution < 1.29 is 14.0 Å². The Labute approximate surface area is 146 Å². The number of aromatic nitrogens is 1. The number of hydrogen-bond acceptors (Lipinski definition) is 4. The lowest BCUT2D eigenvalue weighted by molar-refractivity contribution is -0.138. The summed E-state index contributed by atoms with van der Waals surface area (Å²) in [6, 6.07) is 7.26. The van der Waals surface area contributed by atoms with E-state index >= 15 is 0 Å². The molecule has 2 saturated heterocycles. The number of amides is 2. The molecule has 2 aromatic rings. The summed E-state index contributed by atoms with van der Waals surface area (Å²) in [6.07, 6.45) is 7.52. The summed E-state index contributed by atoms with van der Waals surface area (Å²) in [7, 11) is 0. The third-order valence-corrected chi connectivity index (χ3v) is 5.29. The Kier molecular flexibility index (Phi) is 4.03. The van der Waals surface area contributed by atoms with Gasteiger partial charge in [-0.25, -0.2) is 0 Å². The molecule has 0 unspecified atom stereocenters. The molecule has 130 valence electrons. The molecule has 1 spiro atoms. The number of piperidine rings is 1. The molecule has 0 aromatic carbocycles. The van der Waals surface area contributed by atoms with E-state index < -0.39 is 5.41 Å². The summed E-state index contributed by atoms with van der Waals surface area (Å²) in [6.45, 7) is 2.48. The van der Waals surface area contributed by atoms with Crippen molar-refractivity contribution in [2.45, 2.75) is 25.8 Å². The summed E-state index contributed by atoms with van der Waals surface area (Å²) in [4.78, 5) is 33.5. The molecular formula is C19H21N3O3. The highest BCUT2D eigenvalue weighted by Crippen LogP contribution is 2.41. The van der Waals surface area contributed by atoms with Gasteiger partial charge in [-0.15, -0.1) is 0 Å². The van der Waals surface area contributed by atoms with Crippen LogP contribution in [-0.4, -0.2) is 46.2 Å². The first-order chi connectivity index (χ1) is 12.2. The molecule has 0 saturated carbocycles. The van der Waals surface area contributed by atoms with Crippen LogP contribution in [0.2, 0.25) is 0 Å². The summed E-state index contributed by atoms with van der Waals surface area (Å²) in [5.41, 5.74) is 0.593. The van der Waals surface area contributed by atoms with Gasteiger partial charge in [0.15, 0.2) is 5.76 Å². The highest BCUT2D eigenvalue weighted by Gasteiger charge is 2.49. The fourth-order valence-corrected chi connectivity index (χ4v) is 4.00. The van der Waals surface area contributed by atoms with Crippen LogP contribution in [0, 0.1) is 5.41 Å². The molecular weight excluding hydrogens is 318 g/mol. The van der Waals surface area contributed by atoms with Crippen LogP contribution in [0.1, 0.15) is 35.4 Å². The zero-order valence-corrected chi connectivity index (χ0v) is 14.1. The van der Waals surface area contributed by atoms with Gasteiger partial charge in [0.1, 0.15) is 0 Å². The van der Waals surface area contributed by atoms with Crippen molar-refractivity contribution in [2.24, 2.45) is 5.41 Å². The Morgan fingerprint density at radius 3 is 2.92 bits per heavy atom. The Morgan fingerprint density at radius 2 is 2.16 bits per heavy atom. The van der Waals surface area contributed by atoms with E-state index in [-0.39, 0.29) is 11.8 Å². The average Bonchev–Trinajstić information content (AvgIpc) is 3.28. The number of furan rings is 1. The van der Waals surface area contributed by atoms with E-state index in [0.717, 1.165) is 31.4 Å². The van der Waals surface area contributed by atoms with Gasteiger partial charge in [-0.05, 0) is 43.0 Å². The van der Waals surface area contributed by atoms with Crippen molar-refractivity contribution in [2.75, 3.05) is 19.6 Å². The van der Waals surface area contributed by atoms with E-state index in [1.54, 1.807) is 29.4 Å². The van der Waals surface area contributed by atoms with Gasteiger partial charge in [-0.2, -0.15) is 0 Å². The number of nitrogens with zero attached hydrogens (tertiary/aromatic N) is 3. The minimum atomic E-state index is -0.442. The standard InChI is InChI=1S/C19H21N3O3/c23-17(16-5-2-11-25-16)22-9-3-6-19(14-22)7-10-21(18(19)24)13-15-4-1-8-20-12-15/h1-2,4-5,8,11-12H,3,6-7,9-10,13-14H2/t19-/m1/s1. The van der Waals surface area contributed by atoms with E-state index in [4.69, 9.17) is 4.42 Å². The zero-order valence-electron chi connectivity index (χ0n) is 14.1. The maximum atomic E-state index is 13.1. The lowest BCUT2D eigenvalue weighted by Gasteiger charge is -2.38. The van der Waals surface area contributed by atoms with Crippen LogP contribution in [0.3, 0.4) is 0 Å². The fourth-order valence-electron chi connectivity index (χ4n) is 4.00. The first-order valence-electron chi connectivity index (χ1n) is 8.69. The van der Waals surface area contributed by atoms with Crippen LogP contribution in [0.25, 0.3) is 0 Å². The third-order valence-electron chi connectivity index (χ3n) is 5.29. The third kappa shape index (κ3) is 2.92. The Bertz CT molecular complexity index is 759. The van der Waals surface area contributed by atoms with Gasteiger partial charge in [0.05, 0.1) is 11.7 Å². The molecule has 2 aliphatic heterocycles. The summed E-state index contributed by atoms with van der Waals surface area (Å²) in [5, 5.41) is 0. The quantitative estimate of drug-likeness (QED) is 0.861. The number of pyridine rings is 1. The molecule has 25 heavy (non-hydrogen) atoms. The monoisotopic (exact) mass is 339 g/mol. The molecule has 2 aliphatic rings. The molecule has 4 rings (SSSR count). The van der Waals surface area contributed by atoms with Crippen molar-refractivity contribution >= 4 is 11.8 Å². The molecule has 4 heterocycles. The molecule has 2 amide bonds. The number of hydrogen-bond donors (Lipinski definition) is 0. The highest BCUT2D eigenvalue weighted by molar-refractivity contribution is 5.93. The van der Waals surface area contributed by atoms with Gasteiger partial charge in [0.25, 0.3) is 5.91 Å². The smallest absolute Gasteiger partial charge is 0.289 e. The minimum Gasteiger partial charge on any atom is -0.459 e. The van der Waals surface area contributed by atoms with Gasteiger partial charge in [-0.1, -0.05) is 6.07 Å². The van der Waals surface area contributed by atoms with Crippen LogP contribution < -0.4 is 0 Å². The number of rotatable bonds is 3. The molecule has 6 nitrogen and oxygen atoms in total. The van der Waals surface area contributed by atoms with Gasteiger partial charge in [-0.3, -0.25) is 14.6 Å². The normalized spacial score (nSPS) is 23.4. The van der Waals surface area contributed by atoms with Crippen molar-refractivity contribution in [3.8, 4) is 0 Å². The Balaban J connectivity index is 1.48. The molecule has 6 heteroatoms. The topological polar surface area (TPSA) is 66.7 Å². The first-order valence-corrected chi connectivity index (χ1v) is 8.69. The first kappa shape index (κ1) is 15.9. The van der Waals surface area contributed by atoms with Crippen LogP contribution in [0.4, 0.5) is 0 Å². The molecule has 2 fully saturated rings. The molecule has 0 radical (unpaired) electrons. The summed E-state index contributed by atoms with van der Waals surface area (Å²) in [5.74, 6) is 0.380. The van der Waals surface area contributed by atoms with Crippen molar-refractivity contribution in [3.63, 3.8) is 0 Å². The molecule has 2 aromatic heterocycles. The predicted octanol–water partition coefficient (Wildman–Crippen LogP) is 2.33. The van der Waals surface area contributed by atoms with Gasteiger partial charge in [0, 0.05) is 38.6 Å². The Hall–Kier alpha value is -2.63. The van der Waals surface area contributed by atoms with Gasteiger partial charge >= 0.3 is 0 Å². The molecule has 0 N–H and O–H groups in total. The second kappa shape index (κ2) is 6.35. The highest BCUT2D eigenvalue weighted by atomic mass is 16.3. The number of carbonyl (C=O) groups is 2. The van der Waals surface area contributed by atoms with E-state index in [1.807, 2.05) is 17.0 Å². The maximum Gasteiger partial charge on any atom is 0.289 e. The fraction of sp³-hybridized carbons (Fsp3) is 0.421. The molecule has 1 atom stereocenters. The molecule has 0 aliphatic carbocycles. The number of carbonyl (C=O) groups excluding carboxylic acids is 2. The van der Waals surface area contributed by atoms with E-state index in [2.05, 4.69) is 4.98 Å². The van der Waals surface area contributed by atoms with Gasteiger partial charge in [0.2, 0.25) is 5.91 Å². The predicted molar refractivity (Wildman–Crippen MR) is 90.5 cm³/mol. The average molecular weight is 339 g/mol. The van der Waals surface area contributed by atoms with E-state index in [9.17, 15) is 9.59 Å². The zero-order chi connectivity index (χ0) is 17.3. The van der Waals surface area contributed by atoms with Crippen molar-refractivity contribution in [3.05, 3.63) is 54.2 Å². The van der Waals surface area contributed by atoms with Crippen LogP contribution in [0.15, 0.2) is 47.3 Å². The largest absolute Gasteiger partial charge is 0.459 e. The summed E-state index contributed by atoms with van der Waals surface area (Å²) >= 11 is 0. The molecule has 0 bridgehead atoms. The minimum absolute atomic E-state index is 0.123. The second-order valence-corrected chi connectivity index (χ2v) is 6.93. The van der Waals surface area contributed by atoms with Crippen LogP contribution in [-0.2, 0) is 11.3 Å². The SMILES string of the molecule is O=C(c1ccco1)N1CCC[C@@]2(CCN(Cc3cccnc3)C2=O)C1. The lowest BCUT2D eigenvalue weighted by Crippen LogP contribution is -2.49. The number of likely N-dealkylation sites (tertiary alicyclic amines) is 2.